The molecule has 3 heteroatoms. The molecule has 1 heterocycles. The van der Waals surface area contributed by atoms with Crippen molar-refractivity contribution >= 4 is 19.1 Å². The van der Waals surface area contributed by atoms with Gasteiger partial charge in [-0.1, -0.05) is 23.7 Å². The summed E-state index contributed by atoms with van der Waals surface area (Å²) in [7, 11) is 2.06. The number of hydrogen-bond acceptors (Lipinski definition) is 2. The summed E-state index contributed by atoms with van der Waals surface area (Å²) in [6.45, 7) is 0.751. The van der Waals surface area contributed by atoms with Gasteiger partial charge >= 0.3 is 0 Å². The largest absolute Gasteiger partial charge is 0.383 e. The Labute approximate surface area is 66.5 Å². The third kappa shape index (κ3) is 0.927. The lowest BCUT2D eigenvalue weighted by Crippen LogP contribution is -2.14. The molecule has 0 spiro atoms. The molecule has 1 aliphatic heterocycles. The molecule has 2 rings (SSSR count). The molecular weight excluding hydrogens is 135 g/mol. The van der Waals surface area contributed by atoms with Gasteiger partial charge in [0.25, 0.3) is 0 Å². The molecule has 0 unspecified atom stereocenters. The summed E-state index contributed by atoms with van der Waals surface area (Å²) in [6.07, 6.45) is 0. The van der Waals surface area contributed by atoms with Crippen LogP contribution < -0.4 is 11.2 Å². The zero-order valence-electron chi connectivity index (χ0n) is 6.46. The molecule has 0 atom stereocenters. The Balaban J connectivity index is 2.60. The molecule has 0 saturated carbocycles. The molecule has 0 saturated heterocycles. The van der Waals surface area contributed by atoms with E-state index in [1.54, 1.807) is 0 Å². The zero-order chi connectivity index (χ0) is 7.84. The highest BCUT2D eigenvalue weighted by Gasteiger charge is 2.11. The minimum absolute atomic E-state index is 0.684. The second-order valence-corrected chi connectivity index (χ2v) is 2.86. The molecule has 0 radical (unpaired) electrons. The van der Waals surface area contributed by atoms with Gasteiger partial charge in [0.2, 0.25) is 0 Å². The van der Waals surface area contributed by atoms with Crippen LogP contribution in [0.2, 0.25) is 0 Å². The first-order valence-corrected chi connectivity index (χ1v) is 3.67. The smallest absolute Gasteiger partial charge is 0.139 e. The maximum absolute atomic E-state index is 5.67. The lowest BCUT2D eigenvalue weighted by Gasteiger charge is -1.99. The third-order valence-electron chi connectivity index (χ3n) is 1.96. The minimum atomic E-state index is 0.684. The fourth-order valence-corrected chi connectivity index (χ4v) is 1.32. The van der Waals surface area contributed by atoms with Gasteiger partial charge in [-0.25, -0.2) is 0 Å². The molecule has 1 aromatic carbocycles. The molecule has 54 valence electrons. The van der Waals surface area contributed by atoms with Crippen LogP contribution in [0, 0.1) is 0 Å². The van der Waals surface area contributed by atoms with Crippen LogP contribution in [0.25, 0.3) is 0 Å². The molecule has 1 aliphatic rings. The van der Waals surface area contributed by atoms with E-state index in [0.717, 1.165) is 12.1 Å². The SMILES string of the molecule is Bc1ccc2c(c1)C(N)=NC2. The predicted octanol–water partition coefficient (Wildman–Crippen LogP) is -0.836. The monoisotopic (exact) mass is 144 g/mol. The molecule has 0 amide bonds. The van der Waals surface area contributed by atoms with Gasteiger partial charge in [0.1, 0.15) is 13.7 Å². The Bertz CT molecular complexity index is 331. The Kier molecular flexibility index (Phi) is 1.25. The minimum Gasteiger partial charge on any atom is -0.383 e. The van der Waals surface area contributed by atoms with Crippen molar-refractivity contribution in [3.05, 3.63) is 29.3 Å². The first kappa shape index (κ1) is 6.46. The first-order valence-electron chi connectivity index (χ1n) is 3.67. The van der Waals surface area contributed by atoms with Crippen molar-refractivity contribution in [2.75, 3.05) is 0 Å². The van der Waals surface area contributed by atoms with E-state index in [0.29, 0.717) is 5.84 Å². The van der Waals surface area contributed by atoms with Gasteiger partial charge in [-0.2, -0.15) is 0 Å². The number of amidine groups is 1. The number of rotatable bonds is 0. The van der Waals surface area contributed by atoms with Crippen molar-refractivity contribution in [2.24, 2.45) is 10.7 Å². The Morgan fingerprint density at radius 2 is 2.27 bits per heavy atom. The maximum atomic E-state index is 5.67. The Morgan fingerprint density at radius 3 is 3.09 bits per heavy atom. The molecule has 0 fully saturated rings. The summed E-state index contributed by atoms with van der Waals surface area (Å²) in [5.74, 6) is 0.684. The summed E-state index contributed by atoms with van der Waals surface area (Å²) < 4.78 is 0. The quantitative estimate of drug-likeness (QED) is 0.474. The van der Waals surface area contributed by atoms with Gasteiger partial charge in [-0.15, -0.1) is 0 Å². The van der Waals surface area contributed by atoms with Crippen molar-refractivity contribution in [1.82, 2.24) is 0 Å². The van der Waals surface area contributed by atoms with Crippen molar-refractivity contribution < 1.29 is 0 Å². The van der Waals surface area contributed by atoms with Gasteiger partial charge in [0.05, 0.1) is 6.54 Å². The fourth-order valence-electron chi connectivity index (χ4n) is 1.32. The summed E-state index contributed by atoms with van der Waals surface area (Å²) in [5.41, 5.74) is 9.26. The normalized spacial score (nSPS) is 14.4. The maximum Gasteiger partial charge on any atom is 0.139 e. The average Bonchev–Trinajstić information content (AvgIpc) is 2.33. The summed E-state index contributed by atoms with van der Waals surface area (Å²) in [6, 6.07) is 6.27. The second kappa shape index (κ2) is 2.12. The summed E-state index contributed by atoms with van der Waals surface area (Å²) in [5, 5.41) is 0. The van der Waals surface area contributed by atoms with Crippen molar-refractivity contribution in [3.63, 3.8) is 0 Å². The molecule has 0 aliphatic carbocycles. The van der Waals surface area contributed by atoms with Crippen LogP contribution in [0.1, 0.15) is 11.1 Å². The van der Waals surface area contributed by atoms with Gasteiger partial charge in [-0.05, 0) is 5.56 Å². The number of hydrogen-bond donors (Lipinski definition) is 1. The zero-order valence-corrected chi connectivity index (χ0v) is 6.46. The van der Waals surface area contributed by atoms with Crippen LogP contribution in [0.4, 0.5) is 0 Å². The molecule has 0 bridgehead atoms. The Hall–Kier alpha value is -1.25. The van der Waals surface area contributed by atoms with E-state index in [1.807, 2.05) is 0 Å². The van der Waals surface area contributed by atoms with Gasteiger partial charge < -0.3 is 5.73 Å². The fraction of sp³-hybridized carbons (Fsp3) is 0.125. The molecule has 0 aromatic heterocycles. The van der Waals surface area contributed by atoms with Crippen LogP contribution >= 0.6 is 0 Å². The third-order valence-corrected chi connectivity index (χ3v) is 1.96. The van der Waals surface area contributed by atoms with Gasteiger partial charge in [0, 0.05) is 5.56 Å². The average molecular weight is 144 g/mol. The van der Waals surface area contributed by atoms with Crippen molar-refractivity contribution in [1.29, 1.82) is 0 Å². The number of fused-ring (bicyclic) bond motifs is 1. The number of benzene rings is 1. The van der Waals surface area contributed by atoms with E-state index in [4.69, 9.17) is 5.73 Å². The molecule has 2 nitrogen and oxygen atoms in total. The van der Waals surface area contributed by atoms with Crippen LogP contribution in [-0.2, 0) is 6.54 Å². The van der Waals surface area contributed by atoms with Crippen LogP contribution in [0.5, 0.6) is 0 Å². The Morgan fingerprint density at radius 1 is 1.45 bits per heavy atom. The highest BCUT2D eigenvalue weighted by molar-refractivity contribution is 6.32. The van der Waals surface area contributed by atoms with Crippen LogP contribution in [0.15, 0.2) is 23.2 Å². The topological polar surface area (TPSA) is 38.4 Å². The second-order valence-electron chi connectivity index (χ2n) is 2.86. The van der Waals surface area contributed by atoms with E-state index < -0.39 is 0 Å². The number of nitrogens with zero attached hydrogens (tertiary/aromatic N) is 1. The standard InChI is InChI=1S/C8H9BN2/c9-6-2-1-5-4-11-8(10)7(5)3-6/h1-3H,4,9H2,(H2,10,11). The van der Waals surface area contributed by atoms with E-state index in [-0.39, 0.29) is 0 Å². The van der Waals surface area contributed by atoms with Gasteiger partial charge in [-0.3, -0.25) is 4.99 Å². The number of aliphatic imine (C=N–C) groups is 1. The van der Waals surface area contributed by atoms with E-state index >= 15 is 0 Å². The van der Waals surface area contributed by atoms with Crippen LogP contribution in [0.3, 0.4) is 0 Å². The highest BCUT2D eigenvalue weighted by atomic mass is 14.9. The highest BCUT2D eigenvalue weighted by Crippen LogP contribution is 2.14. The molecular formula is C8H9BN2. The predicted molar refractivity (Wildman–Crippen MR) is 49.0 cm³/mol. The lowest BCUT2D eigenvalue weighted by molar-refractivity contribution is 1.11. The lowest BCUT2D eigenvalue weighted by atomic mass is 9.92. The van der Waals surface area contributed by atoms with E-state index in [1.165, 1.54) is 11.0 Å². The van der Waals surface area contributed by atoms with E-state index in [9.17, 15) is 0 Å². The summed E-state index contributed by atoms with van der Waals surface area (Å²) >= 11 is 0. The molecule has 1 aromatic rings. The van der Waals surface area contributed by atoms with Crippen molar-refractivity contribution in [2.45, 2.75) is 6.54 Å². The van der Waals surface area contributed by atoms with E-state index in [2.05, 4.69) is 31.0 Å². The number of nitrogens with two attached hydrogens (primary N) is 1. The molecule has 2 N–H and O–H groups in total. The van der Waals surface area contributed by atoms with Crippen molar-refractivity contribution in [3.8, 4) is 0 Å². The summed E-state index contributed by atoms with van der Waals surface area (Å²) in [4.78, 5) is 4.14. The molecule has 11 heavy (non-hydrogen) atoms. The first-order chi connectivity index (χ1) is 5.27. The van der Waals surface area contributed by atoms with Crippen LogP contribution in [-0.4, -0.2) is 13.7 Å². The van der Waals surface area contributed by atoms with Gasteiger partial charge in [0.15, 0.2) is 0 Å².